The van der Waals surface area contributed by atoms with Gasteiger partial charge >= 0.3 is 0 Å². The number of ether oxygens (including phenoxy) is 1. The number of benzene rings is 3. The Morgan fingerprint density at radius 2 is 1.77 bits per heavy atom. The Morgan fingerprint density at radius 1 is 1.03 bits per heavy atom. The molecule has 0 saturated carbocycles. The fraction of sp³-hybridized carbons (Fsp3) is 0.333. The lowest BCUT2D eigenvalue weighted by Crippen LogP contribution is -2.47. The van der Waals surface area contributed by atoms with Gasteiger partial charge in [0.25, 0.3) is 0 Å². The Bertz CT molecular complexity index is 1130. The number of aliphatic hydroxyl groups is 1. The van der Waals surface area contributed by atoms with Gasteiger partial charge in [0.2, 0.25) is 0 Å². The van der Waals surface area contributed by atoms with Gasteiger partial charge in [-0.05, 0) is 54.8 Å². The number of carbonyl (C=O) groups is 2. The fourth-order valence-corrected chi connectivity index (χ4v) is 4.30. The average Bonchev–Trinajstić information content (AvgIpc) is 2.78. The zero-order chi connectivity index (χ0) is 22.2. The molecule has 0 radical (unpaired) electrons. The molecule has 160 valence electrons. The van der Waals surface area contributed by atoms with Crippen molar-refractivity contribution in [3.8, 4) is 5.75 Å². The maximum absolute atomic E-state index is 13.1. The van der Waals surface area contributed by atoms with Crippen molar-refractivity contribution in [1.29, 1.82) is 0 Å². The second kappa shape index (κ2) is 8.27. The minimum Gasteiger partial charge on any atom is -0.488 e. The second-order valence-electron chi connectivity index (χ2n) is 8.89. The van der Waals surface area contributed by atoms with Crippen molar-refractivity contribution in [3.05, 3.63) is 77.4 Å². The summed E-state index contributed by atoms with van der Waals surface area (Å²) in [4.78, 5) is 26.0. The van der Waals surface area contributed by atoms with Crippen LogP contribution in [0.25, 0.3) is 10.8 Å². The largest absolute Gasteiger partial charge is 0.488 e. The molecule has 0 fully saturated rings. The molecule has 2 atom stereocenters. The van der Waals surface area contributed by atoms with E-state index in [0.29, 0.717) is 42.2 Å². The second-order valence-corrected chi connectivity index (χ2v) is 8.89. The predicted octanol–water partition coefficient (Wildman–Crippen LogP) is 5.44. The topological polar surface area (TPSA) is 63.6 Å². The molecule has 0 spiro atoms. The van der Waals surface area contributed by atoms with E-state index in [-0.39, 0.29) is 5.78 Å². The number of hydrogen-bond donors (Lipinski definition) is 1. The summed E-state index contributed by atoms with van der Waals surface area (Å²) in [6.07, 6.45) is 0.986. The van der Waals surface area contributed by atoms with E-state index in [9.17, 15) is 14.7 Å². The number of ketones is 2. The molecule has 1 aliphatic rings. The molecule has 31 heavy (non-hydrogen) atoms. The molecule has 1 aliphatic carbocycles. The van der Waals surface area contributed by atoms with Crippen molar-refractivity contribution in [3.63, 3.8) is 0 Å². The number of rotatable bonds is 6. The molecule has 0 amide bonds. The van der Waals surface area contributed by atoms with Gasteiger partial charge in [-0.2, -0.15) is 0 Å². The third-order valence-corrected chi connectivity index (χ3v) is 6.20. The molecular formula is C27H28O4. The lowest BCUT2D eigenvalue weighted by atomic mass is 9.69. The molecule has 0 aliphatic heterocycles. The van der Waals surface area contributed by atoms with Gasteiger partial charge in [0.05, 0.1) is 5.92 Å². The highest BCUT2D eigenvalue weighted by Crippen LogP contribution is 2.42. The molecule has 3 aromatic rings. The van der Waals surface area contributed by atoms with Crippen molar-refractivity contribution in [2.75, 3.05) is 0 Å². The summed E-state index contributed by atoms with van der Waals surface area (Å²) in [6, 6.07) is 19.2. The molecule has 4 nitrogen and oxygen atoms in total. The zero-order valence-electron chi connectivity index (χ0n) is 18.2. The Hall–Kier alpha value is -2.98. The van der Waals surface area contributed by atoms with Gasteiger partial charge in [0.15, 0.2) is 11.6 Å². The van der Waals surface area contributed by atoms with Crippen molar-refractivity contribution < 1.29 is 19.4 Å². The molecule has 3 aromatic carbocycles. The molecule has 0 unspecified atom stereocenters. The number of hydrogen-bond acceptors (Lipinski definition) is 4. The first-order chi connectivity index (χ1) is 14.8. The third kappa shape index (κ3) is 3.88. The minimum absolute atomic E-state index is 0.230. The molecule has 4 heteroatoms. The summed E-state index contributed by atoms with van der Waals surface area (Å²) in [5.41, 5.74) is 0.230. The van der Waals surface area contributed by atoms with Gasteiger partial charge in [0.1, 0.15) is 18.0 Å². The van der Waals surface area contributed by atoms with Crippen LogP contribution in [0.3, 0.4) is 0 Å². The van der Waals surface area contributed by atoms with Crippen LogP contribution < -0.4 is 4.74 Å². The monoisotopic (exact) mass is 416 g/mol. The summed E-state index contributed by atoms with van der Waals surface area (Å²) in [5.74, 6) is -0.494. The SMILES string of the molecule is CC(C)CC[C@]1(O)C(=O)[C@@H](C)C(=O)c2cc3cccc(OCc4ccccc4)c3cc21. The van der Waals surface area contributed by atoms with Gasteiger partial charge in [-0.1, -0.05) is 56.3 Å². The van der Waals surface area contributed by atoms with Crippen LogP contribution in [0.4, 0.5) is 0 Å². The number of Topliss-reactive ketones (excluding diaryl/α,β-unsaturated/α-hetero) is 2. The van der Waals surface area contributed by atoms with Gasteiger partial charge in [-0.3, -0.25) is 9.59 Å². The first-order valence-corrected chi connectivity index (χ1v) is 10.9. The Morgan fingerprint density at radius 3 is 2.48 bits per heavy atom. The predicted molar refractivity (Wildman–Crippen MR) is 121 cm³/mol. The average molecular weight is 417 g/mol. The Balaban J connectivity index is 1.81. The summed E-state index contributed by atoms with van der Waals surface area (Å²) < 4.78 is 6.09. The van der Waals surface area contributed by atoms with Gasteiger partial charge in [-0.15, -0.1) is 0 Å². The van der Waals surface area contributed by atoms with E-state index < -0.39 is 17.3 Å². The third-order valence-electron chi connectivity index (χ3n) is 6.20. The van der Waals surface area contributed by atoms with Crippen LogP contribution in [0.15, 0.2) is 60.7 Å². The lowest BCUT2D eigenvalue weighted by Gasteiger charge is -2.36. The van der Waals surface area contributed by atoms with Crippen LogP contribution in [0, 0.1) is 11.8 Å². The van der Waals surface area contributed by atoms with Crippen molar-refractivity contribution in [2.24, 2.45) is 11.8 Å². The highest BCUT2D eigenvalue weighted by molar-refractivity contribution is 6.19. The van der Waals surface area contributed by atoms with Crippen molar-refractivity contribution >= 4 is 22.3 Å². The van der Waals surface area contributed by atoms with E-state index in [1.165, 1.54) is 0 Å². The highest BCUT2D eigenvalue weighted by atomic mass is 16.5. The Labute approximate surface area is 182 Å². The van der Waals surface area contributed by atoms with E-state index in [4.69, 9.17) is 4.74 Å². The van der Waals surface area contributed by atoms with E-state index in [0.717, 1.165) is 16.3 Å². The van der Waals surface area contributed by atoms with Crippen LogP contribution in [0.2, 0.25) is 0 Å². The molecule has 0 saturated heterocycles. The number of carbonyl (C=O) groups excluding carboxylic acids is 2. The van der Waals surface area contributed by atoms with Gasteiger partial charge in [-0.25, -0.2) is 0 Å². The molecule has 0 aromatic heterocycles. The van der Waals surface area contributed by atoms with Crippen LogP contribution in [0.5, 0.6) is 5.75 Å². The minimum atomic E-state index is -1.66. The van der Waals surface area contributed by atoms with Crippen LogP contribution >= 0.6 is 0 Å². The first-order valence-electron chi connectivity index (χ1n) is 10.9. The smallest absolute Gasteiger partial charge is 0.179 e. The van der Waals surface area contributed by atoms with Crippen molar-refractivity contribution in [1.82, 2.24) is 0 Å². The first kappa shape index (κ1) is 21.3. The lowest BCUT2D eigenvalue weighted by molar-refractivity contribution is -0.142. The summed E-state index contributed by atoms with van der Waals surface area (Å²) in [6.45, 7) is 6.12. The molecule has 4 rings (SSSR count). The van der Waals surface area contributed by atoms with Gasteiger partial charge in [0, 0.05) is 16.5 Å². The van der Waals surface area contributed by atoms with Crippen LogP contribution in [-0.2, 0) is 17.0 Å². The molecule has 0 bridgehead atoms. The van der Waals surface area contributed by atoms with E-state index >= 15 is 0 Å². The Kier molecular flexibility index (Phi) is 5.67. The standard InChI is InChI=1S/C27H28O4/c1-17(2)12-13-27(30)23-15-21-20(14-22(23)25(28)18(3)26(27)29)10-7-11-24(21)31-16-19-8-5-4-6-9-19/h4-11,14-15,17-18,30H,12-13,16H2,1-3H3/t18-,27+/m0/s1. The molecular weight excluding hydrogens is 388 g/mol. The van der Waals surface area contributed by atoms with Crippen LogP contribution in [-0.4, -0.2) is 16.7 Å². The van der Waals surface area contributed by atoms with E-state index in [2.05, 4.69) is 13.8 Å². The maximum atomic E-state index is 13.1. The summed E-state index contributed by atoms with van der Waals surface area (Å²) >= 11 is 0. The highest BCUT2D eigenvalue weighted by Gasteiger charge is 2.48. The van der Waals surface area contributed by atoms with Crippen molar-refractivity contribution in [2.45, 2.75) is 45.8 Å². The quantitative estimate of drug-likeness (QED) is 0.543. The number of fused-ring (bicyclic) bond motifs is 2. The zero-order valence-corrected chi connectivity index (χ0v) is 18.2. The molecule has 1 N–H and O–H groups in total. The van der Waals surface area contributed by atoms with E-state index in [1.807, 2.05) is 48.5 Å². The fourth-order valence-electron chi connectivity index (χ4n) is 4.30. The van der Waals surface area contributed by atoms with Crippen LogP contribution in [0.1, 0.15) is 55.1 Å². The molecule has 0 heterocycles. The summed E-state index contributed by atoms with van der Waals surface area (Å²) in [5, 5.41) is 13.2. The van der Waals surface area contributed by atoms with Gasteiger partial charge < -0.3 is 9.84 Å². The maximum Gasteiger partial charge on any atom is 0.179 e. The van der Waals surface area contributed by atoms with E-state index in [1.54, 1.807) is 19.1 Å². The summed E-state index contributed by atoms with van der Waals surface area (Å²) in [7, 11) is 0. The normalized spacial score (nSPS) is 20.9.